The van der Waals surface area contributed by atoms with Gasteiger partial charge in [0.1, 0.15) is 0 Å². The minimum atomic E-state index is 0.179. The van der Waals surface area contributed by atoms with Gasteiger partial charge in [0.15, 0.2) is 0 Å². The second kappa shape index (κ2) is 8.05. The highest BCUT2D eigenvalue weighted by Crippen LogP contribution is 2.27. The molecular formula is C17H26N4. The van der Waals surface area contributed by atoms with Crippen LogP contribution in [0.3, 0.4) is 0 Å². The van der Waals surface area contributed by atoms with Crippen LogP contribution in [0, 0.1) is 5.92 Å². The van der Waals surface area contributed by atoms with E-state index in [0.29, 0.717) is 5.92 Å². The zero-order valence-corrected chi connectivity index (χ0v) is 13.0. The van der Waals surface area contributed by atoms with E-state index in [0.717, 1.165) is 17.5 Å². The Bertz CT molecular complexity index is 555. The summed E-state index contributed by atoms with van der Waals surface area (Å²) in [5.41, 5.74) is 6.02. The predicted molar refractivity (Wildman–Crippen MR) is 87.5 cm³/mol. The molecule has 0 fully saturated rings. The maximum Gasteiger partial charge on any atom is 0.0890 e. The molecule has 1 heterocycles. The fourth-order valence-electron chi connectivity index (χ4n) is 2.81. The van der Waals surface area contributed by atoms with Gasteiger partial charge in [0.2, 0.25) is 0 Å². The standard InChI is InChI=1S/C17H26N4/c1-3-5-6-13(4-2)11-16(21-18)14-7-8-15-17(12-14)20-10-9-19-15/h7-10,12-13,16,21H,3-6,11,18H2,1-2H3. The van der Waals surface area contributed by atoms with E-state index < -0.39 is 0 Å². The molecule has 1 aromatic carbocycles. The average molecular weight is 286 g/mol. The summed E-state index contributed by atoms with van der Waals surface area (Å²) in [5.74, 6) is 6.51. The zero-order chi connectivity index (χ0) is 15.1. The van der Waals surface area contributed by atoms with E-state index in [1.54, 1.807) is 12.4 Å². The van der Waals surface area contributed by atoms with Crippen LogP contribution >= 0.6 is 0 Å². The molecule has 3 N–H and O–H groups in total. The van der Waals surface area contributed by atoms with Crippen LogP contribution in [-0.2, 0) is 0 Å². The third kappa shape index (κ3) is 4.22. The SMILES string of the molecule is CCCCC(CC)CC(NN)c1ccc2nccnc2c1. The normalized spacial score (nSPS) is 14.2. The van der Waals surface area contributed by atoms with Crippen molar-refractivity contribution in [3.63, 3.8) is 0 Å². The van der Waals surface area contributed by atoms with Crippen LogP contribution in [0.5, 0.6) is 0 Å². The Morgan fingerprint density at radius 3 is 2.57 bits per heavy atom. The van der Waals surface area contributed by atoms with Gasteiger partial charge in [-0.1, -0.05) is 45.6 Å². The molecule has 0 bridgehead atoms. The summed E-state index contributed by atoms with van der Waals surface area (Å²) in [7, 11) is 0. The third-order valence-corrected chi connectivity index (χ3v) is 4.21. The van der Waals surface area contributed by atoms with Gasteiger partial charge in [-0.3, -0.25) is 21.2 Å². The van der Waals surface area contributed by atoms with Gasteiger partial charge < -0.3 is 0 Å². The molecule has 0 aliphatic carbocycles. The molecule has 4 heteroatoms. The first kappa shape index (κ1) is 15.9. The zero-order valence-electron chi connectivity index (χ0n) is 13.0. The lowest BCUT2D eigenvalue weighted by atomic mass is 9.89. The molecule has 4 nitrogen and oxygen atoms in total. The van der Waals surface area contributed by atoms with E-state index in [-0.39, 0.29) is 6.04 Å². The van der Waals surface area contributed by atoms with E-state index in [4.69, 9.17) is 5.84 Å². The van der Waals surface area contributed by atoms with Crippen LogP contribution in [0.15, 0.2) is 30.6 Å². The average Bonchev–Trinajstić information content (AvgIpc) is 2.55. The van der Waals surface area contributed by atoms with Gasteiger partial charge in [-0.15, -0.1) is 0 Å². The van der Waals surface area contributed by atoms with Gasteiger partial charge in [0.25, 0.3) is 0 Å². The topological polar surface area (TPSA) is 63.8 Å². The second-order valence-corrected chi connectivity index (χ2v) is 5.68. The van der Waals surface area contributed by atoms with E-state index in [1.807, 2.05) is 6.07 Å². The maximum absolute atomic E-state index is 5.79. The van der Waals surface area contributed by atoms with Crippen molar-refractivity contribution in [1.29, 1.82) is 0 Å². The molecule has 0 saturated heterocycles. The van der Waals surface area contributed by atoms with Crippen LogP contribution in [0.2, 0.25) is 0 Å². The second-order valence-electron chi connectivity index (χ2n) is 5.68. The molecule has 0 saturated carbocycles. The number of nitrogens with two attached hydrogens (primary N) is 1. The first-order valence-electron chi connectivity index (χ1n) is 7.95. The number of nitrogens with zero attached hydrogens (tertiary/aromatic N) is 2. The first-order valence-corrected chi connectivity index (χ1v) is 7.95. The van der Waals surface area contributed by atoms with Gasteiger partial charge in [0.05, 0.1) is 11.0 Å². The molecule has 114 valence electrons. The number of rotatable bonds is 8. The summed E-state index contributed by atoms with van der Waals surface area (Å²) >= 11 is 0. The Morgan fingerprint density at radius 1 is 1.14 bits per heavy atom. The molecule has 2 rings (SSSR count). The van der Waals surface area contributed by atoms with Gasteiger partial charge in [-0.25, -0.2) is 0 Å². The molecule has 1 aromatic heterocycles. The number of nitrogens with one attached hydrogen (secondary N) is 1. The molecule has 0 aliphatic heterocycles. The summed E-state index contributed by atoms with van der Waals surface area (Å²) in [6.07, 6.45) is 9.54. The predicted octanol–water partition coefficient (Wildman–Crippen LogP) is 3.74. The molecular weight excluding hydrogens is 260 g/mol. The highest BCUT2D eigenvalue weighted by atomic mass is 15.2. The fourth-order valence-corrected chi connectivity index (χ4v) is 2.81. The Morgan fingerprint density at radius 2 is 1.90 bits per heavy atom. The smallest absolute Gasteiger partial charge is 0.0890 e. The third-order valence-electron chi connectivity index (χ3n) is 4.21. The lowest BCUT2D eigenvalue weighted by molar-refractivity contribution is 0.356. The number of unbranched alkanes of at least 4 members (excludes halogenated alkanes) is 1. The lowest BCUT2D eigenvalue weighted by Crippen LogP contribution is -2.29. The van der Waals surface area contributed by atoms with E-state index in [9.17, 15) is 0 Å². The molecule has 2 aromatic rings. The van der Waals surface area contributed by atoms with Crippen LogP contribution in [0.4, 0.5) is 0 Å². The summed E-state index contributed by atoms with van der Waals surface area (Å²) in [5, 5.41) is 0. The minimum Gasteiger partial charge on any atom is -0.271 e. The number of hydrogen-bond donors (Lipinski definition) is 2. The van der Waals surface area contributed by atoms with Crippen molar-refractivity contribution in [3.05, 3.63) is 36.2 Å². The number of benzene rings is 1. The van der Waals surface area contributed by atoms with Crippen molar-refractivity contribution in [2.45, 2.75) is 52.0 Å². The molecule has 0 spiro atoms. The van der Waals surface area contributed by atoms with Crippen molar-refractivity contribution in [1.82, 2.24) is 15.4 Å². The van der Waals surface area contributed by atoms with Crippen LogP contribution in [0.25, 0.3) is 11.0 Å². The highest BCUT2D eigenvalue weighted by molar-refractivity contribution is 5.74. The maximum atomic E-state index is 5.79. The fraction of sp³-hybridized carbons (Fsp3) is 0.529. The van der Waals surface area contributed by atoms with E-state index in [1.165, 1.54) is 31.2 Å². The molecule has 21 heavy (non-hydrogen) atoms. The monoisotopic (exact) mass is 286 g/mol. The van der Waals surface area contributed by atoms with Crippen molar-refractivity contribution in [3.8, 4) is 0 Å². The van der Waals surface area contributed by atoms with Crippen LogP contribution < -0.4 is 11.3 Å². The number of fused-ring (bicyclic) bond motifs is 1. The summed E-state index contributed by atoms with van der Waals surface area (Å²) < 4.78 is 0. The summed E-state index contributed by atoms with van der Waals surface area (Å²) in [6, 6.07) is 6.40. The molecule has 0 radical (unpaired) electrons. The number of hydrogen-bond acceptors (Lipinski definition) is 4. The molecule has 2 unspecified atom stereocenters. The van der Waals surface area contributed by atoms with Crippen molar-refractivity contribution in [2.24, 2.45) is 11.8 Å². The van der Waals surface area contributed by atoms with Crippen molar-refractivity contribution >= 4 is 11.0 Å². The lowest BCUT2D eigenvalue weighted by Gasteiger charge is -2.22. The first-order chi connectivity index (χ1) is 10.3. The van der Waals surface area contributed by atoms with Crippen LogP contribution in [0.1, 0.15) is 57.6 Å². The molecule has 0 amide bonds. The summed E-state index contributed by atoms with van der Waals surface area (Å²) in [6.45, 7) is 4.51. The Labute approximate surface area is 127 Å². The Balaban J connectivity index is 2.14. The van der Waals surface area contributed by atoms with Gasteiger partial charge in [-0.05, 0) is 30.0 Å². The minimum absolute atomic E-state index is 0.179. The van der Waals surface area contributed by atoms with Gasteiger partial charge in [-0.2, -0.15) is 0 Å². The quantitative estimate of drug-likeness (QED) is 0.573. The molecule has 2 atom stereocenters. The van der Waals surface area contributed by atoms with Gasteiger partial charge in [0, 0.05) is 18.4 Å². The van der Waals surface area contributed by atoms with E-state index in [2.05, 4.69) is 41.4 Å². The van der Waals surface area contributed by atoms with Crippen molar-refractivity contribution < 1.29 is 0 Å². The molecule has 0 aliphatic rings. The number of hydrazine groups is 1. The Hall–Kier alpha value is -1.52. The van der Waals surface area contributed by atoms with Gasteiger partial charge >= 0.3 is 0 Å². The summed E-state index contributed by atoms with van der Waals surface area (Å²) in [4.78, 5) is 8.69. The Kier molecular flexibility index (Phi) is 6.08. The van der Waals surface area contributed by atoms with Crippen molar-refractivity contribution in [2.75, 3.05) is 0 Å². The highest BCUT2D eigenvalue weighted by Gasteiger charge is 2.16. The van der Waals surface area contributed by atoms with E-state index >= 15 is 0 Å². The largest absolute Gasteiger partial charge is 0.271 e. The van der Waals surface area contributed by atoms with Crippen LogP contribution in [-0.4, -0.2) is 9.97 Å². The number of aromatic nitrogens is 2.